The molecule has 80 valence electrons. The fourth-order valence-corrected chi connectivity index (χ4v) is 2.11. The van der Waals surface area contributed by atoms with Gasteiger partial charge in [-0.15, -0.1) is 0 Å². The summed E-state index contributed by atoms with van der Waals surface area (Å²) in [7, 11) is 0. The molecule has 0 aliphatic heterocycles. The van der Waals surface area contributed by atoms with E-state index >= 15 is 0 Å². The lowest BCUT2D eigenvalue weighted by molar-refractivity contribution is 1.28. The van der Waals surface area contributed by atoms with Crippen LogP contribution < -0.4 is 0 Å². The second kappa shape index (κ2) is 5.85. The van der Waals surface area contributed by atoms with E-state index in [9.17, 15) is 0 Å². The predicted molar refractivity (Wildman–Crippen MR) is 78.3 cm³/mol. The van der Waals surface area contributed by atoms with Crippen LogP contribution in [0.5, 0.6) is 0 Å². The molecule has 16 heavy (non-hydrogen) atoms. The van der Waals surface area contributed by atoms with Gasteiger partial charge in [0, 0.05) is 3.57 Å². The number of hydrogen-bond donors (Lipinski definition) is 0. The van der Waals surface area contributed by atoms with Gasteiger partial charge in [0.15, 0.2) is 0 Å². The van der Waals surface area contributed by atoms with Gasteiger partial charge in [-0.05, 0) is 46.2 Å². The molecule has 0 N–H and O–H groups in total. The van der Waals surface area contributed by atoms with E-state index in [0.29, 0.717) is 0 Å². The average Bonchev–Trinajstić information content (AvgIpc) is 2.33. The maximum Gasteiger partial charge on any atom is 0.0202 e. The third kappa shape index (κ3) is 3.20. The van der Waals surface area contributed by atoms with Crippen molar-refractivity contribution in [1.82, 2.24) is 0 Å². The van der Waals surface area contributed by atoms with Gasteiger partial charge in [0.05, 0.1) is 0 Å². The molecule has 0 nitrogen and oxygen atoms in total. The lowest BCUT2D eigenvalue weighted by Crippen LogP contribution is -1.80. The van der Waals surface area contributed by atoms with Crippen molar-refractivity contribution in [3.8, 4) is 0 Å². The topological polar surface area (TPSA) is 0 Å². The van der Waals surface area contributed by atoms with Gasteiger partial charge >= 0.3 is 0 Å². The van der Waals surface area contributed by atoms with Crippen molar-refractivity contribution in [2.24, 2.45) is 0 Å². The molecular formula is C15H13I. The highest BCUT2D eigenvalue weighted by atomic mass is 127. The molecular weight excluding hydrogens is 307 g/mol. The van der Waals surface area contributed by atoms with Crippen molar-refractivity contribution in [3.05, 3.63) is 75.4 Å². The van der Waals surface area contributed by atoms with E-state index in [1.807, 2.05) is 6.07 Å². The van der Waals surface area contributed by atoms with Crippen LogP contribution in [-0.2, 0) is 6.42 Å². The standard InChI is InChI=1S/C15H13I/c16-15-12-5-4-10-14(15)11-6-9-13-7-2-1-3-8-13/h1-8,10-12H,9H2. The summed E-state index contributed by atoms with van der Waals surface area (Å²) in [4.78, 5) is 0. The number of hydrogen-bond acceptors (Lipinski definition) is 0. The van der Waals surface area contributed by atoms with E-state index in [2.05, 4.69) is 83.3 Å². The molecule has 0 bridgehead atoms. The molecule has 0 atom stereocenters. The van der Waals surface area contributed by atoms with Crippen molar-refractivity contribution in [2.45, 2.75) is 6.42 Å². The smallest absolute Gasteiger partial charge is 0.0202 e. The first-order valence-corrected chi connectivity index (χ1v) is 6.39. The Bertz CT molecular complexity index is 472. The molecule has 0 fully saturated rings. The largest absolute Gasteiger partial charge is 0.0795 e. The molecule has 1 heteroatoms. The van der Waals surface area contributed by atoms with Crippen molar-refractivity contribution < 1.29 is 0 Å². The van der Waals surface area contributed by atoms with Crippen LogP contribution in [0.1, 0.15) is 11.1 Å². The summed E-state index contributed by atoms with van der Waals surface area (Å²) in [5.41, 5.74) is 2.64. The minimum atomic E-state index is 0.992. The quantitative estimate of drug-likeness (QED) is 0.728. The second-order valence-corrected chi connectivity index (χ2v) is 4.78. The fourth-order valence-electron chi connectivity index (χ4n) is 1.55. The summed E-state index contributed by atoms with van der Waals surface area (Å²) in [6.45, 7) is 0. The Labute approximate surface area is 110 Å². The molecule has 0 amide bonds. The molecule has 0 radical (unpaired) electrons. The predicted octanol–water partition coefficient (Wildman–Crippen LogP) is 4.55. The van der Waals surface area contributed by atoms with E-state index < -0.39 is 0 Å². The zero-order chi connectivity index (χ0) is 11.2. The number of rotatable bonds is 3. The lowest BCUT2D eigenvalue weighted by atomic mass is 10.1. The summed E-state index contributed by atoms with van der Waals surface area (Å²) in [6.07, 6.45) is 5.40. The highest BCUT2D eigenvalue weighted by molar-refractivity contribution is 14.1. The van der Waals surface area contributed by atoms with Crippen LogP contribution in [0.3, 0.4) is 0 Å². The first kappa shape index (κ1) is 11.4. The molecule has 0 heterocycles. The van der Waals surface area contributed by atoms with E-state index in [1.165, 1.54) is 14.7 Å². The van der Waals surface area contributed by atoms with Crippen LogP contribution in [0.25, 0.3) is 6.08 Å². The Morgan fingerprint density at radius 1 is 0.875 bits per heavy atom. The Hall–Kier alpha value is -1.09. The summed E-state index contributed by atoms with van der Waals surface area (Å²) in [5, 5.41) is 0. The third-order valence-electron chi connectivity index (χ3n) is 2.40. The van der Waals surface area contributed by atoms with E-state index in [4.69, 9.17) is 0 Å². The maximum absolute atomic E-state index is 2.36. The molecule has 2 aromatic carbocycles. The third-order valence-corrected chi connectivity index (χ3v) is 3.38. The van der Waals surface area contributed by atoms with Crippen LogP contribution in [0.15, 0.2) is 60.7 Å². The molecule has 0 aliphatic rings. The van der Waals surface area contributed by atoms with Crippen molar-refractivity contribution >= 4 is 28.7 Å². The van der Waals surface area contributed by atoms with Gasteiger partial charge in [0.25, 0.3) is 0 Å². The number of benzene rings is 2. The molecule has 0 aliphatic carbocycles. The van der Waals surface area contributed by atoms with Crippen LogP contribution >= 0.6 is 22.6 Å². The van der Waals surface area contributed by atoms with Gasteiger partial charge in [-0.1, -0.05) is 60.7 Å². The van der Waals surface area contributed by atoms with Crippen LogP contribution in [0.2, 0.25) is 0 Å². The monoisotopic (exact) mass is 320 g/mol. The zero-order valence-corrected chi connectivity index (χ0v) is 11.1. The van der Waals surface area contributed by atoms with E-state index in [-0.39, 0.29) is 0 Å². The summed E-state index contributed by atoms with van der Waals surface area (Å²) >= 11 is 2.36. The minimum absolute atomic E-state index is 0.992. The van der Waals surface area contributed by atoms with Crippen LogP contribution in [0, 0.1) is 3.57 Å². The SMILES string of the molecule is Ic1ccccc1C=CCc1ccccc1. The first-order valence-electron chi connectivity index (χ1n) is 5.31. The van der Waals surface area contributed by atoms with Gasteiger partial charge in [0.2, 0.25) is 0 Å². The highest BCUT2D eigenvalue weighted by Gasteiger charge is 1.92. The maximum atomic E-state index is 2.36. The number of halogens is 1. The van der Waals surface area contributed by atoms with Gasteiger partial charge in [0.1, 0.15) is 0 Å². The minimum Gasteiger partial charge on any atom is -0.0795 e. The van der Waals surface area contributed by atoms with E-state index in [0.717, 1.165) is 6.42 Å². The van der Waals surface area contributed by atoms with Crippen LogP contribution in [0.4, 0.5) is 0 Å². The second-order valence-electron chi connectivity index (χ2n) is 3.61. The van der Waals surface area contributed by atoms with Gasteiger partial charge in [-0.3, -0.25) is 0 Å². The molecule has 2 aromatic rings. The van der Waals surface area contributed by atoms with Gasteiger partial charge in [-0.2, -0.15) is 0 Å². The molecule has 0 aromatic heterocycles. The molecule has 0 unspecified atom stereocenters. The Balaban J connectivity index is 2.03. The summed E-state index contributed by atoms with van der Waals surface area (Å²) in [5.74, 6) is 0. The summed E-state index contributed by atoms with van der Waals surface area (Å²) in [6, 6.07) is 18.9. The van der Waals surface area contributed by atoms with Crippen LogP contribution in [-0.4, -0.2) is 0 Å². The van der Waals surface area contributed by atoms with Gasteiger partial charge < -0.3 is 0 Å². The zero-order valence-electron chi connectivity index (χ0n) is 8.94. The fraction of sp³-hybridized carbons (Fsp3) is 0.0667. The molecule has 0 spiro atoms. The Morgan fingerprint density at radius 2 is 1.56 bits per heavy atom. The normalized spacial score (nSPS) is 10.8. The first-order chi connectivity index (χ1) is 7.86. The highest BCUT2D eigenvalue weighted by Crippen LogP contribution is 2.13. The number of allylic oxidation sites excluding steroid dienone is 1. The van der Waals surface area contributed by atoms with Crippen molar-refractivity contribution in [3.63, 3.8) is 0 Å². The summed E-state index contributed by atoms with van der Waals surface area (Å²) < 4.78 is 1.30. The molecule has 0 saturated heterocycles. The average molecular weight is 320 g/mol. The molecule has 0 saturated carbocycles. The van der Waals surface area contributed by atoms with Gasteiger partial charge in [-0.25, -0.2) is 0 Å². The van der Waals surface area contributed by atoms with E-state index in [1.54, 1.807) is 0 Å². The molecule has 2 rings (SSSR count). The Kier molecular flexibility index (Phi) is 4.17. The van der Waals surface area contributed by atoms with Crippen molar-refractivity contribution in [1.29, 1.82) is 0 Å². The lowest BCUT2D eigenvalue weighted by Gasteiger charge is -1.97. The Morgan fingerprint density at radius 3 is 2.31 bits per heavy atom. The van der Waals surface area contributed by atoms with Crippen molar-refractivity contribution in [2.75, 3.05) is 0 Å².